The Morgan fingerprint density at radius 2 is 1.96 bits per heavy atom. The Morgan fingerprint density at radius 1 is 1.22 bits per heavy atom. The van der Waals surface area contributed by atoms with E-state index in [-0.39, 0.29) is 23.8 Å². The molecule has 3 rings (SSSR count). The molecule has 0 bridgehead atoms. The number of nitrogens with one attached hydrogen (secondary N) is 2. The van der Waals surface area contributed by atoms with Crippen molar-refractivity contribution in [3.63, 3.8) is 0 Å². The summed E-state index contributed by atoms with van der Waals surface area (Å²) < 4.78 is 0. The second-order valence-corrected chi connectivity index (χ2v) is 5.69. The van der Waals surface area contributed by atoms with Crippen LogP contribution in [0.4, 0.5) is 16.2 Å². The molecule has 1 aliphatic heterocycles. The number of nitrogens with zero attached hydrogens (tertiary/aromatic N) is 2. The second-order valence-electron chi connectivity index (χ2n) is 5.69. The topological polar surface area (TPSA) is 105 Å². The highest BCUT2D eigenvalue weighted by Gasteiger charge is 2.20. The maximum absolute atomic E-state index is 12.1. The summed E-state index contributed by atoms with van der Waals surface area (Å²) in [4.78, 5) is 35.7. The minimum absolute atomic E-state index is 0.00228. The Kier molecular flexibility index (Phi) is 5.33. The molecule has 3 amide bonds. The zero-order chi connectivity index (χ0) is 19.2. The van der Waals surface area contributed by atoms with Gasteiger partial charge < -0.3 is 10.6 Å². The van der Waals surface area contributed by atoms with Crippen LogP contribution in [0.25, 0.3) is 0 Å². The number of urea groups is 1. The number of carbonyl (C=O) groups is 2. The standard InChI is InChI=1S/C19H16N4O4/c24-18(16-5-1-2-6-17(16)23(26)27)20-11-3-4-14-7-9-15(10-8-14)22-13-12-21-19(22)25/h1-2,5-10H,11-13H2,(H,20,24)(H,21,25). The molecule has 136 valence electrons. The highest BCUT2D eigenvalue weighted by Crippen LogP contribution is 2.18. The molecule has 2 N–H and O–H groups in total. The summed E-state index contributed by atoms with van der Waals surface area (Å²) >= 11 is 0. The summed E-state index contributed by atoms with van der Waals surface area (Å²) in [5, 5.41) is 16.2. The predicted molar refractivity (Wildman–Crippen MR) is 99.5 cm³/mol. The van der Waals surface area contributed by atoms with Crippen molar-refractivity contribution in [2.24, 2.45) is 0 Å². The number of carbonyl (C=O) groups excluding carboxylic acids is 2. The summed E-state index contributed by atoms with van der Waals surface area (Å²) in [6.07, 6.45) is 0. The molecule has 0 atom stereocenters. The van der Waals surface area contributed by atoms with Gasteiger partial charge in [0.2, 0.25) is 0 Å². The second kappa shape index (κ2) is 8.01. The van der Waals surface area contributed by atoms with E-state index >= 15 is 0 Å². The van der Waals surface area contributed by atoms with Crippen LogP contribution in [0.3, 0.4) is 0 Å². The van der Waals surface area contributed by atoms with E-state index in [0.29, 0.717) is 13.1 Å². The first-order valence-electron chi connectivity index (χ1n) is 8.22. The Hall–Kier alpha value is -3.86. The molecule has 27 heavy (non-hydrogen) atoms. The Morgan fingerprint density at radius 3 is 2.63 bits per heavy atom. The number of nitro benzene ring substituents is 1. The number of para-hydroxylation sites is 1. The molecule has 2 aromatic carbocycles. The Bertz CT molecular complexity index is 944. The maximum Gasteiger partial charge on any atom is 0.321 e. The fourth-order valence-electron chi connectivity index (χ4n) is 2.63. The molecule has 0 aliphatic carbocycles. The molecule has 0 radical (unpaired) electrons. The minimum atomic E-state index is -0.594. The average molecular weight is 364 g/mol. The molecule has 8 nitrogen and oxygen atoms in total. The third kappa shape index (κ3) is 4.22. The van der Waals surface area contributed by atoms with E-state index in [2.05, 4.69) is 22.5 Å². The highest BCUT2D eigenvalue weighted by atomic mass is 16.6. The first-order chi connectivity index (χ1) is 13.1. The summed E-state index contributed by atoms with van der Waals surface area (Å²) in [5.41, 5.74) is 1.28. The van der Waals surface area contributed by atoms with Gasteiger partial charge >= 0.3 is 6.03 Å². The van der Waals surface area contributed by atoms with Crippen LogP contribution in [0.5, 0.6) is 0 Å². The van der Waals surface area contributed by atoms with Crippen LogP contribution in [0.15, 0.2) is 48.5 Å². The van der Waals surface area contributed by atoms with Gasteiger partial charge in [-0.2, -0.15) is 0 Å². The number of anilines is 1. The van der Waals surface area contributed by atoms with Crippen molar-refractivity contribution < 1.29 is 14.5 Å². The molecule has 1 heterocycles. The molecule has 0 unspecified atom stereocenters. The average Bonchev–Trinajstić information content (AvgIpc) is 3.11. The molecule has 2 aromatic rings. The van der Waals surface area contributed by atoms with Crippen LogP contribution in [0, 0.1) is 22.0 Å². The molecular weight excluding hydrogens is 348 g/mol. The third-order valence-electron chi connectivity index (χ3n) is 3.95. The molecule has 0 spiro atoms. The SMILES string of the molecule is O=C(NCC#Cc1ccc(N2CCNC2=O)cc1)c1ccccc1[N+](=O)[O-]. The lowest BCUT2D eigenvalue weighted by atomic mass is 10.1. The Labute approximate surface area is 155 Å². The monoisotopic (exact) mass is 364 g/mol. The highest BCUT2D eigenvalue weighted by molar-refractivity contribution is 5.98. The van der Waals surface area contributed by atoms with Gasteiger partial charge in [0.05, 0.1) is 11.5 Å². The fraction of sp³-hybridized carbons (Fsp3) is 0.158. The van der Waals surface area contributed by atoms with E-state index in [1.807, 2.05) is 0 Å². The largest absolute Gasteiger partial charge is 0.341 e. The summed E-state index contributed by atoms with van der Waals surface area (Å²) in [5.74, 6) is 5.16. The maximum atomic E-state index is 12.1. The summed E-state index contributed by atoms with van der Waals surface area (Å²) in [7, 11) is 0. The molecule has 1 saturated heterocycles. The van der Waals surface area contributed by atoms with Crippen molar-refractivity contribution in [2.45, 2.75) is 0 Å². The number of rotatable bonds is 4. The van der Waals surface area contributed by atoms with E-state index in [0.717, 1.165) is 11.3 Å². The van der Waals surface area contributed by atoms with Crippen molar-refractivity contribution in [1.82, 2.24) is 10.6 Å². The van der Waals surface area contributed by atoms with Crippen LogP contribution < -0.4 is 15.5 Å². The van der Waals surface area contributed by atoms with E-state index in [1.165, 1.54) is 18.2 Å². The van der Waals surface area contributed by atoms with E-state index in [1.54, 1.807) is 35.2 Å². The normalized spacial score (nSPS) is 12.7. The van der Waals surface area contributed by atoms with Gasteiger partial charge in [0.1, 0.15) is 5.56 Å². The fourth-order valence-corrected chi connectivity index (χ4v) is 2.63. The van der Waals surface area contributed by atoms with Gasteiger partial charge in [-0.05, 0) is 30.3 Å². The van der Waals surface area contributed by atoms with Gasteiger partial charge in [0, 0.05) is 30.4 Å². The lowest BCUT2D eigenvalue weighted by Crippen LogP contribution is -2.27. The van der Waals surface area contributed by atoms with E-state index in [9.17, 15) is 19.7 Å². The Balaban J connectivity index is 1.59. The van der Waals surface area contributed by atoms with Crippen LogP contribution in [-0.2, 0) is 0 Å². The van der Waals surface area contributed by atoms with Crippen molar-refractivity contribution in [3.8, 4) is 11.8 Å². The van der Waals surface area contributed by atoms with Crippen LogP contribution in [0.2, 0.25) is 0 Å². The van der Waals surface area contributed by atoms with Crippen LogP contribution in [-0.4, -0.2) is 36.5 Å². The summed E-state index contributed by atoms with van der Waals surface area (Å²) in [6.45, 7) is 1.31. The molecule has 0 saturated carbocycles. The lowest BCUT2D eigenvalue weighted by Gasteiger charge is -2.13. The molecule has 1 aliphatic rings. The first kappa shape index (κ1) is 17.9. The van der Waals surface area contributed by atoms with Gasteiger partial charge in [-0.25, -0.2) is 4.79 Å². The minimum Gasteiger partial charge on any atom is -0.341 e. The van der Waals surface area contributed by atoms with Gasteiger partial charge in [-0.1, -0.05) is 24.0 Å². The number of benzene rings is 2. The van der Waals surface area contributed by atoms with Gasteiger partial charge in [-0.3, -0.25) is 19.8 Å². The zero-order valence-corrected chi connectivity index (χ0v) is 14.3. The van der Waals surface area contributed by atoms with Crippen molar-refractivity contribution in [1.29, 1.82) is 0 Å². The third-order valence-corrected chi connectivity index (χ3v) is 3.95. The van der Waals surface area contributed by atoms with Crippen LogP contribution >= 0.6 is 0 Å². The van der Waals surface area contributed by atoms with Gasteiger partial charge in [0.25, 0.3) is 11.6 Å². The van der Waals surface area contributed by atoms with Gasteiger partial charge in [-0.15, -0.1) is 0 Å². The number of amides is 3. The molecule has 0 aromatic heterocycles. The molecular formula is C19H16N4O4. The molecule has 1 fully saturated rings. The number of nitro groups is 1. The quantitative estimate of drug-likeness (QED) is 0.491. The predicted octanol–water partition coefficient (Wildman–Crippen LogP) is 1.91. The first-order valence-corrected chi connectivity index (χ1v) is 8.22. The number of hydrogen-bond donors (Lipinski definition) is 2. The van der Waals surface area contributed by atoms with E-state index < -0.39 is 10.8 Å². The van der Waals surface area contributed by atoms with Gasteiger partial charge in [0.15, 0.2) is 0 Å². The van der Waals surface area contributed by atoms with Crippen molar-refractivity contribution in [3.05, 3.63) is 69.8 Å². The lowest BCUT2D eigenvalue weighted by molar-refractivity contribution is -0.385. The van der Waals surface area contributed by atoms with Crippen LogP contribution in [0.1, 0.15) is 15.9 Å². The smallest absolute Gasteiger partial charge is 0.321 e. The van der Waals surface area contributed by atoms with Crippen molar-refractivity contribution in [2.75, 3.05) is 24.5 Å². The van der Waals surface area contributed by atoms with E-state index in [4.69, 9.17) is 0 Å². The number of hydrogen-bond acceptors (Lipinski definition) is 4. The van der Waals surface area contributed by atoms with Crippen molar-refractivity contribution >= 4 is 23.3 Å². The zero-order valence-electron chi connectivity index (χ0n) is 14.3. The summed E-state index contributed by atoms with van der Waals surface area (Å²) in [6, 6.07) is 12.8. The molecule has 8 heteroatoms.